The lowest BCUT2D eigenvalue weighted by Crippen LogP contribution is -2.14. The summed E-state index contributed by atoms with van der Waals surface area (Å²) in [5.74, 6) is -0.387. The standard InChI is InChI=1S/C12H13ClFN3/c1-17-8-16-7-10(17)6-15-5-9-2-3-12(14)11(13)4-9/h2-4,7-8,15H,5-6H2,1H3. The van der Waals surface area contributed by atoms with E-state index < -0.39 is 0 Å². The molecule has 2 rings (SSSR count). The van der Waals surface area contributed by atoms with Gasteiger partial charge in [0.25, 0.3) is 0 Å². The van der Waals surface area contributed by atoms with Crippen LogP contribution in [0.5, 0.6) is 0 Å². The first-order valence-electron chi connectivity index (χ1n) is 5.26. The maximum Gasteiger partial charge on any atom is 0.141 e. The predicted molar refractivity (Wildman–Crippen MR) is 65.2 cm³/mol. The molecule has 0 aliphatic heterocycles. The molecule has 0 saturated heterocycles. The molecule has 0 saturated carbocycles. The summed E-state index contributed by atoms with van der Waals surface area (Å²) in [5.41, 5.74) is 2.05. The summed E-state index contributed by atoms with van der Waals surface area (Å²) < 4.78 is 14.9. The smallest absolute Gasteiger partial charge is 0.141 e. The van der Waals surface area contributed by atoms with Crippen molar-refractivity contribution >= 4 is 11.6 Å². The molecule has 2 aromatic rings. The summed E-state index contributed by atoms with van der Waals surface area (Å²) in [7, 11) is 1.94. The number of benzene rings is 1. The van der Waals surface area contributed by atoms with E-state index in [0.717, 1.165) is 11.3 Å². The number of halogens is 2. The third-order valence-electron chi connectivity index (χ3n) is 2.54. The fourth-order valence-corrected chi connectivity index (χ4v) is 1.74. The van der Waals surface area contributed by atoms with Crippen molar-refractivity contribution in [1.29, 1.82) is 0 Å². The van der Waals surface area contributed by atoms with Crippen molar-refractivity contribution in [2.24, 2.45) is 7.05 Å². The summed E-state index contributed by atoms with van der Waals surface area (Å²) >= 11 is 5.70. The third kappa shape index (κ3) is 3.05. The van der Waals surface area contributed by atoms with Gasteiger partial charge in [-0.3, -0.25) is 0 Å². The molecule has 1 aromatic carbocycles. The molecule has 1 aromatic heterocycles. The molecular formula is C12H13ClFN3. The lowest BCUT2D eigenvalue weighted by molar-refractivity contribution is 0.623. The predicted octanol–water partition coefficient (Wildman–Crippen LogP) is 2.50. The largest absolute Gasteiger partial charge is 0.337 e. The van der Waals surface area contributed by atoms with E-state index in [1.54, 1.807) is 18.5 Å². The van der Waals surface area contributed by atoms with Crippen LogP contribution in [0.4, 0.5) is 4.39 Å². The number of hydrogen-bond acceptors (Lipinski definition) is 2. The first kappa shape index (κ1) is 12.1. The van der Waals surface area contributed by atoms with Crippen molar-refractivity contribution in [2.75, 3.05) is 0 Å². The maximum atomic E-state index is 12.9. The lowest BCUT2D eigenvalue weighted by atomic mass is 10.2. The number of rotatable bonds is 4. The number of nitrogens with zero attached hydrogens (tertiary/aromatic N) is 2. The Morgan fingerprint density at radius 2 is 2.24 bits per heavy atom. The van der Waals surface area contributed by atoms with Crippen LogP contribution in [0, 0.1) is 5.82 Å². The van der Waals surface area contributed by atoms with Crippen LogP contribution in [0.3, 0.4) is 0 Å². The molecule has 0 atom stereocenters. The zero-order valence-corrected chi connectivity index (χ0v) is 10.2. The van der Waals surface area contributed by atoms with Crippen LogP contribution in [0.2, 0.25) is 5.02 Å². The van der Waals surface area contributed by atoms with Crippen LogP contribution >= 0.6 is 11.6 Å². The van der Waals surface area contributed by atoms with Gasteiger partial charge in [0, 0.05) is 26.3 Å². The van der Waals surface area contributed by atoms with Gasteiger partial charge in [-0.15, -0.1) is 0 Å². The van der Waals surface area contributed by atoms with E-state index in [9.17, 15) is 4.39 Å². The van der Waals surface area contributed by atoms with Gasteiger partial charge in [0.1, 0.15) is 5.82 Å². The van der Waals surface area contributed by atoms with E-state index in [-0.39, 0.29) is 10.8 Å². The molecule has 0 aliphatic carbocycles. The molecule has 0 bridgehead atoms. The van der Waals surface area contributed by atoms with Crippen LogP contribution in [0.1, 0.15) is 11.3 Å². The zero-order chi connectivity index (χ0) is 12.3. The zero-order valence-electron chi connectivity index (χ0n) is 9.45. The van der Waals surface area contributed by atoms with Gasteiger partial charge in [-0.25, -0.2) is 9.37 Å². The summed E-state index contributed by atoms with van der Waals surface area (Å²) in [6.07, 6.45) is 3.57. The molecule has 0 amide bonds. The van der Waals surface area contributed by atoms with Crippen molar-refractivity contribution in [1.82, 2.24) is 14.9 Å². The van der Waals surface area contributed by atoms with Crippen molar-refractivity contribution in [3.63, 3.8) is 0 Å². The summed E-state index contributed by atoms with van der Waals surface area (Å²) in [6.45, 7) is 1.36. The van der Waals surface area contributed by atoms with Gasteiger partial charge < -0.3 is 9.88 Å². The van der Waals surface area contributed by atoms with Crippen LogP contribution in [-0.4, -0.2) is 9.55 Å². The van der Waals surface area contributed by atoms with Crippen LogP contribution in [-0.2, 0) is 20.1 Å². The molecule has 0 aliphatic rings. The van der Waals surface area contributed by atoms with Gasteiger partial charge in [-0.1, -0.05) is 17.7 Å². The number of imidazole rings is 1. The Labute approximate surface area is 104 Å². The second kappa shape index (κ2) is 5.29. The Hall–Kier alpha value is -1.39. The van der Waals surface area contributed by atoms with E-state index in [1.165, 1.54) is 6.07 Å². The summed E-state index contributed by atoms with van der Waals surface area (Å²) in [6, 6.07) is 4.73. The lowest BCUT2D eigenvalue weighted by Gasteiger charge is -2.06. The first-order chi connectivity index (χ1) is 8.16. The quantitative estimate of drug-likeness (QED) is 0.907. The monoisotopic (exact) mass is 253 g/mol. The molecular weight excluding hydrogens is 241 g/mol. The Morgan fingerprint density at radius 3 is 2.88 bits per heavy atom. The third-order valence-corrected chi connectivity index (χ3v) is 2.83. The second-order valence-electron chi connectivity index (χ2n) is 3.85. The SMILES string of the molecule is Cn1cncc1CNCc1ccc(F)c(Cl)c1. The Morgan fingerprint density at radius 1 is 1.41 bits per heavy atom. The highest BCUT2D eigenvalue weighted by molar-refractivity contribution is 6.30. The van der Waals surface area contributed by atoms with Crippen molar-refractivity contribution in [3.05, 3.63) is 52.8 Å². The van der Waals surface area contributed by atoms with Gasteiger partial charge in [0.15, 0.2) is 0 Å². The highest BCUT2D eigenvalue weighted by atomic mass is 35.5. The van der Waals surface area contributed by atoms with Crippen LogP contribution in [0.15, 0.2) is 30.7 Å². The second-order valence-corrected chi connectivity index (χ2v) is 4.26. The number of nitrogens with one attached hydrogen (secondary N) is 1. The molecule has 1 N–H and O–H groups in total. The van der Waals surface area contributed by atoms with Gasteiger partial charge >= 0.3 is 0 Å². The highest BCUT2D eigenvalue weighted by Gasteiger charge is 2.01. The highest BCUT2D eigenvalue weighted by Crippen LogP contribution is 2.15. The molecule has 17 heavy (non-hydrogen) atoms. The van der Waals surface area contributed by atoms with E-state index in [4.69, 9.17) is 11.6 Å². The molecule has 0 fully saturated rings. The van der Waals surface area contributed by atoms with Gasteiger partial charge in [0.05, 0.1) is 17.0 Å². The van der Waals surface area contributed by atoms with Gasteiger partial charge in [-0.05, 0) is 17.7 Å². The first-order valence-corrected chi connectivity index (χ1v) is 5.64. The topological polar surface area (TPSA) is 29.9 Å². The van der Waals surface area contributed by atoms with Crippen molar-refractivity contribution in [3.8, 4) is 0 Å². The Kier molecular flexibility index (Phi) is 3.76. The van der Waals surface area contributed by atoms with Crippen molar-refractivity contribution in [2.45, 2.75) is 13.1 Å². The fraction of sp³-hybridized carbons (Fsp3) is 0.250. The van der Waals surface area contributed by atoms with Crippen molar-refractivity contribution < 1.29 is 4.39 Å². The molecule has 0 unspecified atom stereocenters. The molecule has 0 spiro atoms. The van der Waals surface area contributed by atoms with E-state index >= 15 is 0 Å². The summed E-state index contributed by atoms with van der Waals surface area (Å²) in [4.78, 5) is 4.03. The van der Waals surface area contributed by atoms with E-state index in [1.807, 2.05) is 17.8 Å². The van der Waals surface area contributed by atoms with E-state index in [0.29, 0.717) is 13.1 Å². The maximum absolute atomic E-state index is 12.9. The average molecular weight is 254 g/mol. The van der Waals surface area contributed by atoms with Gasteiger partial charge in [-0.2, -0.15) is 0 Å². The van der Waals surface area contributed by atoms with E-state index in [2.05, 4.69) is 10.3 Å². The fourth-order valence-electron chi connectivity index (χ4n) is 1.54. The minimum Gasteiger partial charge on any atom is -0.337 e. The molecule has 5 heteroatoms. The molecule has 0 radical (unpaired) electrons. The molecule has 90 valence electrons. The van der Waals surface area contributed by atoms with Gasteiger partial charge in [0.2, 0.25) is 0 Å². The number of hydrogen-bond donors (Lipinski definition) is 1. The minimum atomic E-state index is -0.387. The van der Waals surface area contributed by atoms with Crippen LogP contribution in [0.25, 0.3) is 0 Å². The Balaban J connectivity index is 1.90. The average Bonchev–Trinajstić information content (AvgIpc) is 2.70. The molecule has 1 heterocycles. The minimum absolute atomic E-state index is 0.157. The number of aryl methyl sites for hydroxylation is 1. The normalized spacial score (nSPS) is 10.8. The summed E-state index contributed by atoms with van der Waals surface area (Å²) in [5, 5.41) is 3.41. The van der Waals surface area contributed by atoms with Crippen LogP contribution < -0.4 is 5.32 Å². The number of aromatic nitrogens is 2. The Bertz CT molecular complexity index is 510. The molecule has 3 nitrogen and oxygen atoms in total.